The summed E-state index contributed by atoms with van der Waals surface area (Å²) in [6.45, 7) is 6.34. The summed E-state index contributed by atoms with van der Waals surface area (Å²) in [6.07, 6.45) is 2.18. The van der Waals surface area contributed by atoms with E-state index >= 15 is 0 Å². The molecule has 120 valence electrons. The van der Waals surface area contributed by atoms with Gasteiger partial charge < -0.3 is 5.32 Å². The van der Waals surface area contributed by atoms with Gasteiger partial charge in [0.1, 0.15) is 6.04 Å². The maximum Gasteiger partial charge on any atom is 0.248 e. The molecule has 0 bridgehead atoms. The molecule has 1 aromatic heterocycles. The number of anilines is 1. The van der Waals surface area contributed by atoms with E-state index in [1.54, 1.807) is 0 Å². The predicted molar refractivity (Wildman–Crippen MR) is 94.7 cm³/mol. The molecule has 0 saturated heterocycles. The number of hydrogen-bond acceptors (Lipinski definition) is 4. The lowest BCUT2D eigenvalue weighted by Gasteiger charge is -2.24. The number of hydrogen-bond donors (Lipinski definition) is 1. The normalized spacial score (nSPS) is 16.3. The first-order valence-corrected chi connectivity index (χ1v) is 8.03. The molecule has 0 unspecified atom stereocenters. The third-order valence-corrected chi connectivity index (χ3v) is 4.56. The highest BCUT2D eigenvalue weighted by Gasteiger charge is 2.24. The van der Waals surface area contributed by atoms with E-state index in [2.05, 4.69) is 90.2 Å². The molecule has 5 heteroatoms. The van der Waals surface area contributed by atoms with Gasteiger partial charge >= 0.3 is 0 Å². The first-order chi connectivity index (χ1) is 11.6. The van der Waals surface area contributed by atoms with Crippen LogP contribution in [0.4, 0.5) is 5.95 Å². The van der Waals surface area contributed by atoms with Crippen molar-refractivity contribution in [2.24, 2.45) is 0 Å². The van der Waals surface area contributed by atoms with Crippen LogP contribution in [0.3, 0.4) is 0 Å². The van der Waals surface area contributed by atoms with Gasteiger partial charge in [-0.3, -0.25) is 0 Å². The molecule has 0 fully saturated rings. The Kier molecular flexibility index (Phi) is 3.41. The maximum atomic E-state index is 4.15. The molecule has 1 aliphatic heterocycles. The molecule has 0 amide bonds. The van der Waals surface area contributed by atoms with Gasteiger partial charge in [-0.15, -0.1) is 0 Å². The Morgan fingerprint density at radius 3 is 2.50 bits per heavy atom. The Morgan fingerprint density at radius 2 is 1.75 bits per heavy atom. The van der Waals surface area contributed by atoms with Gasteiger partial charge in [-0.25, -0.2) is 0 Å². The van der Waals surface area contributed by atoms with Crippen molar-refractivity contribution >= 4 is 11.6 Å². The minimum Gasteiger partial charge on any atom is -0.323 e. The number of allylic oxidation sites excluding steroid dienone is 1. The van der Waals surface area contributed by atoms with Gasteiger partial charge in [0, 0.05) is 5.70 Å². The molecule has 24 heavy (non-hydrogen) atoms. The molecule has 0 aliphatic carbocycles. The predicted octanol–water partition coefficient (Wildman–Crippen LogP) is 3.65. The summed E-state index contributed by atoms with van der Waals surface area (Å²) in [5.41, 5.74) is 7.14. The third kappa shape index (κ3) is 2.48. The third-order valence-electron chi connectivity index (χ3n) is 4.56. The summed E-state index contributed by atoms with van der Waals surface area (Å²) < 4.78 is 1.81. The molecule has 1 N–H and O–H groups in total. The number of fused-ring (bicyclic) bond motifs is 1. The average Bonchev–Trinajstić information content (AvgIpc) is 3.06. The molecule has 2 aromatic carbocycles. The van der Waals surface area contributed by atoms with Gasteiger partial charge in [0.15, 0.2) is 0 Å². The molecular formula is C19H19N5. The lowest BCUT2D eigenvalue weighted by atomic mass is 9.99. The van der Waals surface area contributed by atoms with Crippen LogP contribution in [0.25, 0.3) is 5.70 Å². The number of rotatable bonds is 2. The summed E-state index contributed by atoms with van der Waals surface area (Å²) in [6, 6.07) is 14.9. The molecule has 0 spiro atoms. The van der Waals surface area contributed by atoms with Crippen LogP contribution in [-0.4, -0.2) is 20.2 Å². The van der Waals surface area contributed by atoms with Crippen LogP contribution in [0.1, 0.15) is 33.9 Å². The lowest BCUT2D eigenvalue weighted by molar-refractivity contribution is 0.586. The van der Waals surface area contributed by atoms with E-state index in [4.69, 9.17) is 0 Å². The van der Waals surface area contributed by atoms with E-state index in [9.17, 15) is 0 Å². The highest BCUT2D eigenvalue weighted by Crippen LogP contribution is 2.32. The molecule has 1 aliphatic rings. The van der Waals surface area contributed by atoms with Crippen molar-refractivity contribution in [3.63, 3.8) is 0 Å². The van der Waals surface area contributed by atoms with E-state index in [1.807, 2.05) is 4.68 Å². The monoisotopic (exact) mass is 317 g/mol. The second-order valence-electron chi connectivity index (χ2n) is 6.31. The largest absolute Gasteiger partial charge is 0.323 e. The van der Waals surface area contributed by atoms with Crippen LogP contribution in [0, 0.1) is 20.8 Å². The van der Waals surface area contributed by atoms with Crippen molar-refractivity contribution in [2.75, 3.05) is 5.32 Å². The minimum atomic E-state index is -0.0199. The minimum absolute atomic E-state index is 0.0199. The van der Waals surface area contributed by atoms with Crippen LogP contribution in [-0.2, 0) is 0 Å². The molecular weight excluding hydrogens is 298 g/mol. The Hall–Kier alpha value is -2.95. The molecule has 0 radical (unpaired) electrons. The fourth-order valence-corrected chi connectivity index (χ4v) is 2.93. The molecule has 0 saturated carbocycles. The lowest BCUT2D eigenvalue weighted by Crippen LogP contribution is -2.20. The van der Waals surface area contributed by atoms with Crippen LogP contribution in [0.5, 0.6) is 0 Å². The quantitative estimate of drug-likeness (QED) is 0.784. The number of tetrazole rings is 1. The fourth-order valence-electron chi connectivity index (χ4n) is 2.93. The smallest absolute Gasteiger partial charge is 0.248 e. The number of aromatic nitrogens is 4. The van der Waals surface area contributed by atoms with Crippen molar-refractivity contribution in [2.45, 2.75) is 26.8 Å². The van der Waals surface area contributed by atoms with Gasteiger partial charge in [-0.1, -0.05) is 47.1 Å². The van der Waals surface area contributed by atoms with E-state index in [-0.39, 0.29) is 6.04 Å². The zero-order valence-electron chi connectivity index (χ0n) is 14.0. The van der Waals surface area contributed by atoms with Gasteiger partial charge in [0.05, 0.1) is 0 Å². The Bertz CT molecular complexity index is 921. The molecule has 1 atom stereocenters. The van der Waals surface area contributed by atoms with Crippen LogP contribution < -0.4 is 5.32 Å². The SMILES string of the molecule is Cc1ccc([C@H]2C=C(c3ccc(C)c(C)c3)Nc3nnnn32)cc1. The van der Waals surface area contributed by atoms with Crippen LogP contribution in [0.15, 0.2) is 48.5 Å². The van der Waals surface area contributed by atoms with Crippen molar-refractivity contribution in [3.05, 3.63) is 76.4 Å². The second-order valence-corrected chi connectivity index (χ2v) is 6.31. The number of benzene rings is 2. The number of aryl methyl sites for hydroxylation is 3. The standard InChI is InChI=1S/C19H19N5/c1-12-4-7-15(8-5-12)18-11-17(20-19-21-22-23-24(18)19)16-9-6-13(2)14(3)10-16/h4-11,18H,1-3H3,(H,20,21,23)/t18-/m1/s1. The average molecular weight is 317 g/mol. The first kappa shape index (κ1) is 14.6. The first-order valence-electron chi connectivity index (χ1n) is 8.03. The van der Waals surface area contributed by atoms with Crippen molar-refractivity contribution in [1.82, 2.24) is 20.2 Å². The Labute approximate surface area is 141 Å². The number of nitrogens with zero attached hydrogens (tertiary/aromatic N) is 4. The van der Waals surface area contributed by atoms with Gasteiger partial charge in [-0.05, 0) is 65.6 Å². The summed E-state index contributed by atoms with van der Waals surface area (Å²) in [5.74, 6) is 0.663. The summed E-state index contributed by atoms with van der Waals surface area (Å²) in [4.78, 5) is 0. The van der Waals surface area contributed by atoms with Gasteiger partial charge in [0.2, 0.25) is 5.95 Å². The van der Waals surface area contributed by atoms with Crippen molar-refractivity contribution in [1.29, 1.82) is 0 Å². The highest BCUT2D eigenvalue weighted by molar-refractivity contribution is 5.77. The van der Waals surface area contributed by atoms with E-state index in [1.165, 1.54) is 16.7 Å². The zero-order chi connectivity index (χ0) is 16.7. The molecule has 2 heterocycles. The van der Waals surface area contributed by atoms with Gasteiger partial charge in [-0.2, -0.15) is 4.68 Å². The fraction of sp³-hybridized carbons (Fsp3) is 0.211. The number of nitrogens with one attached hydrogen (secondary N) is 1. The molecule has 3 aromatic rings. The van der Waals surface area contributed by atoms with E-state index in [0.29, 0.717) is 5.95 Å². The summed E-state index contributed by atoms with van der Waals surface area (Å²) in [5, 5.41) is 15.4. The highest BCUT2D eigenvalue weighted by atomic mass is 15.6. The topological polar surface area (TPSA) is 55.6 Å². The van der Waals surface area contributed by atoms with Gasteiger partial charge in [0.25, 0.3) is 0 Å². The van der Waals surface area contributed by atoms with E-state index in [0.717, 1.165) is 16.8 Å². The second kappa shape index (κ2) is 5.60. The summed E-state index contributed by atoms with van der Waals surface area (Å²) in [7, 11) is 0. The van der Waals surface area contributed by atoms with E-state index < -0.39 is 0 Å². The zero-order valence-corrected chi connectivity index (χ0v) is 14.0. The Balaban J connectivity index is 1.81. The van der Waals surface area contributed by atoms with Crippen LogP contribution >= 0.6 is 0 Å². The van der Waals surface area contributed by atoms with Crippen LogP contribution in [0.2, 0.25) is 0 Å². The Morgan fingerprint density at radius 1 is 0.958 bits per heavy atom. The summed E-state index contributed by atoms with van der Waals surface area (Å²) >= 11 is 0. The maximum absolute atomic E-state index is 4.15. The van der Waals surface area contributed by atoms with Crippen molar-refractivity contribution in [3.8, 4) is 0 Å². The van der Waals surface area contributed by atoms with Crippen molar-refractivity contribution < 1.29 is 0 Å². The molecule has 5 nitrogen and oxygen atoms in total. The molecule has 4 rings (SSSR count).